The fraction of sp³-hybridized carbons (Fsp3) is 0. The van der Waals surface area contributed by atoms with Gasteiger partial charge in [0.05, 0.1) is 33.6 Å². The predicted molar refractivity (Wildman–Crippen MR) is 235 cm³/mol. The van der Waals surface area contributed by atoms with Gasteiger partial charge in [-0.25, -0.2) is 15.0 Å². The predicted octanol–water partition coefficient (Wildman–Crippen LogP) is 14.0. The first-order valence-corrected chi connectivity index (χ1v) is 19.0. The molecule has 3 aromatic heterocycles. The van der Waals surface area contributed by atoms with Crippen LogP contribution in [0.5, 0.6) is 0 Å². The highest BCUT2D eigenvalue weighted by molar-refractivity contribution is 6.24. The molecule has 0 aliphatic carbocycles. The van der Waals surface area contributed by atoms with Gasteiger partial charge in [0.15, 0.2) is 0 Å². The fourth-order valence-corrected chi connectivity index (χ4v) is 8.22. The van der Waals surface area contributed by atoms with Gasteiger partial charge in [-0.1, -0.05) is 188 Å². The van der Waals surface area contributed by atoms with Crippen molar-refractivity contribution < 1.29 is 0 Å². The molecule has 0 spiro atoms. The zero-order chi connectivity index (χ0) is 37.0. The van der Waals surface area contributed by atoms with Crippen LogP contribution < -0.4 is 0 Å². The molecule has 0 aliphatic rings. The van der Waals surface area contributed by atoms with E-state index in [1.807, 2.05) is 18.2 Å². The Balaban J connectivity index is 0.969. The SMILES string of the molecule is c1ccc(-c2ccc3ccc4ccc(-c5ccc(-c6ccc(-c7nc8c(-c9ccccc9)cccc8c8c7ccc7ccccc78)cc6)cc5)nc4c3n2)cc1. The summed E-state index contributed by atoms with van der Waals surface area (Å²) in [5.41, 5.74) is 13.6. The molecule has 3 heterocycles. The average Bonchev–Trinajstić information content (AvgIpc) is 3.28. The number of rotatable bonds is 5. The Hall–Kier alpha value is -7.49. The minimum atomic E-state index is 0.913. The topological polar surface area (TPSA) is 38.7 Å². The van der Waals surface area contributed by atoms with E-state index < -0.39 is 0 Å². The van der Waals surface area contributed by atoms with Crippen molar-refractivity contribution >= 4 is 54.3 Å². The van der Waals surface area contributed by atoms with Crippen molar-refractivity contribution in [2.75, 3.05) is 0 Å². The quantitative estimate of drug-likeness (QED) is 0.167. The van der Waals surface area contributed by atoms with Gasteiger partial charge in [-0.2, -0.15) is 0 Å². The average molecular weight is 712 g/mol. The second-order valence-electron chi connectivity index (χ2n) is 14.4. The molecule has 11 aromatic rings. The molecule has 0 amide bonds. The number of hydrogen-bond acceptors (Lipinski definition) is 3. The Bertz CT molecular complexity index is 3260. The summed E-state index contributed by atoms with van der Waals surface area (Å²) < 4.78 is 0. The van der Waals surface area contributed by atoms with Gasteiger partial charge >= 0.3 is 0 Å². The Morgan fingerprint density at radius 1 is 0.250 bits per heavy atom. The first-order valence-electron chi connectivity index (χ1n) is 19.0. The molecule has 0 atom stereocenters. The maximum atomic E-state index is 5.45. The van der Waals surface area contributed by atoms with Crippen LogP contribution in [0.4, 0.5) is 0 Å². The van der Waals surface area contributed by atoms with Gasteiger partial charge in [-0.3, -0.25) is 0 Å². The Labute approximate surface area is 324 Å². The van der Waals surface area contributed by atoms with Crippen LogP contribution in [0, 0.1) is 0 Å². The summed E-state index contributed by atoms with van der Waals surface area (Å²) in [5, 5.41) is 8.18. The molecular weight excluding hydrogens is 679 g/mol. The molecule has 0 bridgehead atoms. The third kappa shape index (κ3) is 5.40. The molecule has 0 radical (unpaired) electrons. The lowest BCUT2D eigenvalue weighted by atomic mass is 9.92. The van der Waals surface area contributed by atoms with E-state index in [9.17, 15) is 0 Å². The summed E-state index contributed by atoms with van der Waals surface area (Å²) in [6.45, 7) is 0. The summed E-state index contributed by atoms with van der Waals surface area (Å²) in [6.07, 6.45) is 0. The highest BCUT2D eigenvalue weighted by Crippen LogP contribution is 2.40. The van der Waals surface area contributed by atoms with Crippen LogP contribution in [-0.2, 0) is 0 Å². The largest absolute Gasteiger partial charge is 0.246 e. The smallest absolute Gasteiger partial charge is 0.0972 e. The van der Waals surface area contributed by atoms with Gasteiger partial charge in [-0.15, -0.1) is 0 Å². The van der Waals surface area contributed by atoms with Gasteiger partial charge in [-0.05, 0) is 39.6 Å². The van der Waals surface area contributed by atoms with E-state index >= 15 is 0 Å². The van der Waals surface area contributed by atoms with E-state index in [0.29, 0.717) is 0 Å². The van der Waals surface area contributed by atoms with E-state index in [2.05, 4.69) is 182 Å². The molecule has 11 rings (SSSR count). The van der Waals surface area contributed by atoms with Crippen LogP contribution in [0.1, 0.15) is 0 Å². The molecule has 0 saturated heterocycles. The van der Waals surface area contributed by atoms with Crippen molar-refractivity contribution in [2.24, 2.45) is 0 Å². The Morgan fingerprint density at radius 2 is 0.750 bits per heavy atom. The molecule has 260 valence electrons. The molecule has 0 fully saturated rings. The number of fused-ring (bicyclic) bond motifs is 8. The first-order chi connectivity index (χ1) is 27.7. The van der Waals surface area contributed by atoms with Crippen LogP contribution in [0.25, 0.3) is 110 Å². The maximum Gasteiger partial charge on any atom is 0.0972 e. The maximum absolute atomic E-state index is 5.45. The van der Waals surface area contributed by atoms with E-state index in [-0.39, 0.29) is 0 Å². The number of aromatic nitrogens is 3. The van der Waals surface area contributed by atoms with Gasteiger partial charge in [0.25, 0.3) is 0 Å². The van der Waals surface area contributed by atoms with Gasteiger partial charge in [0.1, 0.15) is 0 Å². The Morgan fingerprint density at radius 3 is 1.41 bits per heavy atom. The van der Waals surface area contributed by atoms with Gasteiger partial charge in [0.2, 0.25) is 0 Å². The van der Waals surface area contributed by atoms with Crippen molar-refractivity contribution in [3.63, 3.8) is 0 Å². The second kappa shape index (κ2) is 13.1. The second-order valence-corrected chi connectivity index (χ2v) is 14.4. The molecule has 8 aromatic carbocycles. The molecule has 0 aliphatic heterocycles. The number of hydrogen-bond donors (Lipinski definition) is 0. The lowest BCUT2D eigenvalue weighted by molar-refractivity contribution is 1.36. The van der Waals surface area contributed by atoms with E-state index in [1.165, 1.54) is 21.5 Å². The third-order valence-corrected chi connectivity index (χ3v) is 11.1. The van der Waals surface area contributed by atoms with Crippen LogP contribution >= 0.6 is 0 Å². The lowest BCUT2D eigenvalue weighted by Gasteiger charge is -2.15. The van der Waals surface area contributed by atoms with Crippen LogP contribution in [0.3, 0.4) is 0 Å². The van der Waals surface area contributed by atoms with Crippen molar-refractivity contribution in [1.82, 2.24) is 15.0 Å². The summed E-state index contributed by atoms with van der Waals surface area (Å²) in [5.74, 6) is 0. The molecule has 0 unspecified atom stereocenters. The van der Waals surface area contributed by atoms with Crippen molar-refractivity contribution in [3.05, 3.63) is 200 Å². The first kappa shape index (κ1) is 32.0. The Kier molecular flexibility index (Phi) is 7.49. The van der Waals surface area contributed by atoms with E-state index in [1.54, 1.807) is 0 Å². The molecule has 56 heavy (non-hydrogen) atoms. The minimum Gasteiger partial charge on any atom is -0.246 e. The van der Waals surface area contributed by atoms with Gasteiger partial charge < -0.3 is 0 Å². The monoisotopic (exact) mass is 711 g/mol. The third-order valence-electron chi connectivity index (χ3n) is 11.1. The van der Waals surface area contributed by atoms with E-state index in [4.69, 9.17) is 15.0 Å². The van der Waals surface area contributed by atoms with Crippen molar-refractivity contribution in [3.8, 4) is 56.0 Å². The number of pyridine rings is 3. The normalized spacial score (nSPS) is 11.6. The molecule has 0 saturated carbocycles. The van der Waals surface area contributed by atoms with E-state index in [0.717, 1.165) is 88.7 Å². The molecule has 3 nitrogen and oxygen atoms in total. The summed E-state index contributed by atoms with van der Waals surface area (Å²) in [6, 6.07) is 70.9. The van der Waals surface area contributed by atoms with Crippen LogP contribution in [0.2, 0.25) is 0 Å². The highest BCUT2D eigenvalue weighted by atomic mass is 14.8. The number of nitrogens with zero attached hydrogens (tertiary/aromatic N) is 3. The number of para-hydroxylation sites is 1. The van der Waals surface area contributed by atoms with Crippen LogP contribution in [0.15, 0.2) is 200 Å². The van der Waals surface area contributed by atoms with Crippen LogP contribution in [-0.4, -0.2) is 15.0 Å². The highest BCUT2D eigenvalue weighted by Gasteiger charge is 2.16. The molecular formula is C53H33N3. The van der Waals surface area contributed by atoms with Gasteiger partial charge in [0, 0.05) is 49.2 Å². The van der Waals surface area contributed by atoms with Crippen molar-refractivity contribution in [2.45, 2.75) is 0 Å². The molecule has 3 heteroatoms. The minimum absolute atomic E-state index is 0.913. The lowest BCUT2D eigenvalue weighted by Crippen LogP contribution is -1.93. The number of benzene rings is 8. The molecule has 0 N–H and O–H groups in total. The summed E-state index contributed by atoms with van der Waals surface area (Å²) >= 11 is 0. The summed E-state index contributed by atoms with van der Waals surface area (Å²) in [4.78, 5) is 15.7. The fourth-order valence-electron chi connectivity index (χ4n) is 8.22. The summed E-state index contributed by atoms with van der Waals surface area (Å²) in [7, 11) is 0. The zero-order valence-electron chi connectivity index (χ0n) is 30.4. The standard InChI is InChI=1S/C53H33N3/c1-3-10-36(11-4-1)44-16-9-17-45-49-43-15-8-7-12-37(43)28-31-46(49)50(56-53(44)45)40-24-20-35(21-25-40)34-18-22-39(23-19-34)48-33-30-42-27-26-41-29-32-47(38-13-5-2-6-14-38)54-51(41)52(42)55-48/h1-33H. The van der Waals surface area contributed by atoms with Crippen molar-refractivity contribution in [1.29, 1.82) is 0 Å². The zero-order valence-corrected chi connectivity index (χ0v) is 30.4.